The van der Waals surface area contributed by atoms with Crippen molar-refractivity contribution in [2.75, 3.05) is 33.7 Å². The normalized spacial score (nSPS) is 10.6. The molecule has 0 aliphatic heterocycles. The number of anilines is 1. The van der Waals surface area contributed by atoms with Gasteiger partial charge < -0.3 is 19.5 Å². The molecule has 6 heteroatoms. The number of ether oxygens (including phenoxy) is 3. The Bertz CT molecular complexity index is 1000. The fourth-order valence-corrected chi connectivity index (χ4v) is 3.30. The van der Waals surface area contributed by atoms with Crippen LogP contribution in [0.3, 0.4) is 0 Å². The number of rotatable bonds is 9. The van der Waals surface area contributed by atoms with Crippen molar-refractivity contribution in [3.63, 3.8) is 0 Å². The Morgan fingerprint density at radius 2 is 1.39 bits per heavy atom. The number of nitrogens with zero attached hydrogens (tertiary/aromatic N) is 1. The highest BCUT2D eigenvalue weighted by molar-refractivity contribution is 6.04. The van der Waals surface area contributed by atoms with Gasteiger partial charge in [0.1, 0.15) is 5.75 Å². The van der Waals surface area contributed by atoms with Gasteiger partial charge in [-0.05, 0) is 66.7 Å². The van der Waals surface area contributed by atoms with Gasteiger partial charge in [0.15, 0.2) is 11.5 Å². The highest BCUT2D eigenvalue weighted by Crippen LogP contribution is 2.28. The lowest BCUT2D eigenvalue weighted by Crippen LogP contribution is -2.17. The summed E-state index contributed by atoms with van der Waals surface area (Å²) in [6, 6.07) is 20.8. The lowest BCUT2D eigenvalue weighted by Gasteiger charge is -2.18. The molecule has 1 amide bonds. The number of benzene rings is 3. The number of nitrogens with one attached hydrogen (secondary N) is 1. The minimum atomic E-state index is -0.143. The molecule has 0 heterocycles. The maximum Gasteiger partial charge on any atom is 0.255 e. The van der Waals surface area contributed by atoms with Gasteiger partial charge in [-0.1, -0.05) is 18.2 Å². The maximum absolute atomic E-state index is 12.5. The van der Waals surface area contributed by atoms with Crippen LogP contribution in [0.1, 0.15) is 21.5 Å². The van der Waals surface area contributed by atoms with E-state index >= 15 is 0 Å². The highest BCUT2D eigenvalue weighted by atomic mass is 16.5. The first-order chi connectivity index (χ1) is 15.0. The Morgan fingerprint density at radius 1 is 0.774 bits per heavy atom. The van der Waals surface area contributed by atoms with Crippen LogP contribution in [0.15, 0.2) is 66.7 Å². The van der Waals surface area contributed by atoms with Crippen molar-refractivity contribution in [2.24, 2.45) is 0 Å². The fourth-order valence-electron chi connectivity index (χ4n) is 3.30. The molecule has 6 nitrogen and oxygen atoms in total. The molecule has 3 rings (SSSR count). The van der Waals surface area contributed by atoms with Gasteiger partial charge >= 0.3 is 0 Å². The summed E-state index contributed by atoms with van der Waals surface area (Å²) in [5.74, 6) is 2.05. The van der Waals surface area contributed by atoms with Crippen molar-refractivity contribution in [3.8, 4) is 17.2 Å². The third kappa shape index (κ3) is 5.99. The van der Waals surface area contributed by atoms with Crippen LogP contribution in [0.5, 0.6) is 17.2 Å². The number of methoxy groups -OCH3 is 3. The summed E-state index contributed by atoms with van der Waals surface area (Å²) in [4.78, 5) is 14.7. The third-order valence-electron chi connectivity index (χ3n) is 4.92. The molecule has 3 aromatic rings. The second-order valence-electron chi connectivity index (χ2n) is 7.24. The van der Waals surface area contributed by atoms with Crippen LogP contribution in [0.2, 0.25) is 0 Å². The predicted molar refractivity (Wildman–Crippen MR) is 122 cm³/mol. The van der Waals surface area contributed by atoms with Crippen molar-refractivity contribution < 1.29 is 19.0 Å². The zero-order chi connectivity index (χ0) is 22.2. The second kappa shape index (κ2) is 10.5. The molecule has 0 spiro atoms. The zero-order valence-electron chi connectivity index (χ0n) is 18.3. The lowest BCUT2D eigenvalue weighted by atomic mass is 10.1. The number of hydrogen-bond acceptors (Lipinski definition) is 5. The van der Waals surface area contributed by atoms with E-state index < -0.39 is 0 Å². The molecule has 0 aliphatic carbocycles. The van der Waals surface area contributed by atoms with Crippen molar-refractivity contribution in [3.05, 3.63) is 83.4 Å². The van der Waals surface area contributed by atoms with Crippen LogP contribution in [-0.4, -0.2) is 39.2 Å². The van der Waals surface area contributed by atoms with Crippen LogP contribution in [0.25, 0.3) is 0 Å². The third-order valence-corrected chi connectivity index (χ3v) is 4.92. The molecule has 0 saturated heterocycles. The Morgan fingerprint density at radius 3 is 2.00 bits per heavy atom. The zero-order valence-corrected chi connectivity index (χ0v) is 18.3. The van der Waals surface area contributed by atoms with E-state index in [1.807, 2.05) is 66.7 Å². The van der Waals surface area contributed by atoms with Crippen molar-refractivity contribution >= 4 is 11.6 Å². The Balaban J connectivity index is 1.57. The van der Waals surface area contributed by atoms with Crippen LogP contribution < -0.4 is 19.5 Å². The number of carbonyl (C=O) groups is 1. The average Bonchev–Trinajstić information content (AvgIpc) is 2.79. The van der Waals surface area contributed by atoms with Gasteiger partial charge in [-0.2, -0.15) is 0 Å². The molecule has 0 atom stereocenters. The van der Waals surface area contributed by atoms with Crippen molar-refractivity contribution in [2.45, 2.75) is 13.1 Å². The van der Waals surface area contributed by atoms with E-state index in [0.29, 0.717) is 5.56 Å². The van der Waals surface area contributed by atoms with E-state index in [0.717, 1.165) is 47.2 Å². The summed E-state index contributed by atoms with van der Waals surface area (Å²) < 4.78 is 15.8. The molecular formula is C25H28N2O4. The number of carbonyl (C=O) groups excluding carboxylic acids is 1. The summed E-state index contributed by atoms with van der Waals surface area (Å²) in [5.41, 5.74) is 3.60. The summed E-state index contributed by atoms with van der Waals surface area (Å²) >= 11 is 0. The molecule has 0 unspecified atom stereocenters. The van der Waals surface area contributed by atoms with Gasteiger partial charge in [-0.25, -0.2) is 0 Å². The van der Waals surface area contributed by atoms with E-state index in [2.05, 4.69) is 17.3 Å². The largest absolute Gasteiger partial charge is 0.497 e. The highest BCUT2D eigenvalue weighted by Gasteiger charge is 2.09. The minimum Gasteiger partial charge on any atom is -0.497 e. The summed E-state index contributed by atoms with van der Waals surface area (Å²) in [7, 11) is 6.93. The van der Waals surface area contributed by atoms with E-state index in [-0.39, 0.29) is 5.91 Å². The van der Waals surface area contributed by atoms with Gasteiger partial charge in [-0.15, -0.1) is 0 Å². The molecule has 1 N–H and O–H groups in total. The monoisotopic (exact) mass is 420 g/mol. The van der Waals surface area contributed by atoms with E-state index in [1.165, 1.54) is 0 Å². The molecule has 31 heavy (non-hydrogen) atoms. The Labute approximate surface area is 183 Å². The van der Waals surface area contributed by atoms with Crippen LogP contribution in [-0.2, 0) is 13.1 Å². The molecule has 0 fully saturated rings. The molecular weight excluding hydrogens is 392 g/mol. The Hall–Kier alpha value is -3.51. The van der Waals surface area contributed by atoms with Gasteiger partial charge in [-0.3, -0.25) is 9.69 Å². The Kier molecular flexibility index (Phi) is 7.51. The lowest BCUT2D eigenvalue weighted by molar-refractivity contribution is 0.102. The first kappa shape index (κ1) is 22.2. The van der Waals surface area contributed by atoms with Gasteiger partial charge in [0.2, 0.25) is 0 Å². The minimum absolute atomic E-state index is 0.143. The summed E-state index contributed by atoms with van der Waals surface area (Å²) in [5, 5.41) is 2.90. The second-order valence-corrected chi connectivity index (χ2v) is 7.24. The standard InChI is InChI=1S/C25H28N2O4/c1-27(17-19-7-14-23(30-3)24(15-19)31-4)16-18-5-8-20(9-6-18)25(28)26-21-10-12-22(29-2)13-11-21/h5-15H,16-17H2,1-4H3,(H,26,28). The molecule has 0 bridgehead atoms. The quantitative estimate of drug-likeness (QED) is 0.548. The first-order valence-corrected chi connectivity index (χ1v) is 9.96. The first-order valence-electron chi connectivity index (χ1n) is 9.96. The predicted octanol–water partition coefficient (Wildman–Crippen LogP) is 4.60. The molecule has 0 aromatic heterocycles. The fraction of sp³-hybridized carbons (Fsp3) is 0.240. The van der Waals surface area contributed by atoms with Crippen LogP contribution in [0, 0.1) is 0 Å². The van der Waals surface area contributed by atoms with Gasteiger partial charge in [0.05, 0.1) is 21.3 Å². The van der Waals surface area contributed by atoms with Crippen molar-refractivity contribution in [1.82, 2.24) is 4.90 Å². The van der Waals surface area contributed by atoms with E-state index in [9.17, 15) is 4.79 Å². The molecule has 3 aromatic carbocycles. The number of amides is 1. The smallest absolute Gasteiger partial charge is 0.255 e. The summed E-state index contributed by atoms with van der Waals surface area (Å²) in [6.45, 7) is 1.52. The van der Waals surface area contributed by atoms with Gasteiger partial charge in [0, 0.05) is 24.3 Å². The van der Waals surface area contributed by atoms with E-state index in [1.54, 1.807) is 21.3 Å². The maximum atomic E-state index is 12.5. The molecule has 0 radical (unpaired) electrons. The van der Waals surface area contributed by atoms with E-state index in [4.69, 9.17) is 14.2 Å². The topological polar surface area (TPSA) is 60.0 Å². The molecule has 162 valence electrons. The average molecular weight is 421 g/mol. The molecule has 0 saturated carbocycles. The summed E-state index contributed by atoms with van der Waals surface area (Å²) in [6.07, 6.45) is 0. The SMILES string of the molecule is COc1ccc(NC(=O)c2ccc(CN(C)Cc3ccc(OC)c(OC)c3)cc2)cc1. The van der Waals surface area contributed by atoms with Crippen molar-refractivity contribution in [1.29, 1.82) is 0 Å². The van der Waals surface area contributed by atoms with Crippen LogP contribution >= 0.6 is 0 Å². The molecule has 0 aliphatic rings. The van der Waals surface area contributed by atoms with Gasteiger partial charge in [0.25, 0.3) is 5.91 Å². The van der Waals surface area contributed by atoms with Crippen LogP contribution in [0.4, 0.5) is 5.69 Å². The number of hydrogen-bond donors (Lipinski definition) is 1.